The van der Waals surface area contributed by atoms with Crippen LogP contribution < -0.4 is 0 Å². The van der Waals surface area contributed by atoms with Crippen LogP contribution in [0, 0.1) is 0 Å². The molecule has 6 nitrogen and oxygen atoms in total. The topological polar surface area (TPSA) is 65.1 Å². The summed E-state index contributed by atoms with van der Waals surface area (Å²) >= 11 is 0. The van der Waals surface area contributed by atoms with E-state index in [0.717, 1.165) is 24.4 Å². The summed E-state index contributed by atoms with van der Waals surface area (Å²) in [6, 6.07) is 2.34. The molecule has 1 saturated heterocycles. The number of amides is 1. The summed E-state index contributed by atoms with van der Waals surface area (Å²) in [7, 11) is -1.99. The minimum absolute atomic E-state index is 0.261. The number of nitrogens with zero attached hydrogens (tertiary/aromatic N) is 1. The summed E-state index contributed by atoms with van der Waals surface area (Å²) < 4.78 is 17.7. The Morgan fingerprint density at radius 1 is 1.28 bits per heavy atom. The van der Waals surface area contributed by atoms with Crippen LogP contribution in [0.2, 0.25) is 18.1 Å². The lowest BCUT2D eigenvalue weighted by molar-refractivity contribution is -0.117. The van der Waals surface area contributed by atoms with Crippen LogP contribution in [0.3, 0.4) is 0 Å². The summed E-state index contributed by atoms with van der Waals surface area (Å²) in [5, 5.41) is 0. The van der Waals surface area contributed by atoms with Gasteiger partial charge < -0.3 is 18.7 Å². The first-order valence-corrected chi connectivity index (χ1v) is 11.8. The van der Waals surface area contributed by atoms with Crippen molar-refractivity contribution in [1.82, 2.24) is 4.90 Å². The molecule has 25 heavy (non-hydrogen) atoms. The first-order chi connectivity index (χ1) is 11.4. The number of carbonyl (C=O) groups is 2. The van der Waals surface area contributed by atoms with Gasteiger partial charge in [0.15, 0.2) is 8.32 Å². The monoisotopic (exact) mass is 373 g/mol. The zero-order valence-electron chi connectivity index (χ0n) is 17.0. The van der Waals surface area contributed by atoms with Crippen molar-refractivity contribution in [2.24, 2.45) is 0 Å². The SMILES string of the molecule is CC[Si](CC)(CC)O[C@@H](C=O)[C@H]1COC(C)(C)N1C(=O)OC(C)(C)C. The van der Waals surface area contributed by atoms with E-state index in [4.69, 9.17) is 13.9 Å². The maximum Gasteiger partial charge on any atom is 0.413 e. The summed E-state index contributed by atoms with van der Waals surface area (Å²) in [5.74, 6) is 0. The summed E-state index contributed by atoms with van der Waals surface area (Å²) in [6.45, 7) is 15.7. The van der Waals surface area contributed by atoms with E-state index in [9.17, 15) is 9.59 Å². The first-order valence-electron chi connectivity index (χ1n) is 9.24. The van der Waals surface area contributed by atoms with Crippen LogP contribution in [0.1, 0.15) is 55.4 Å². The van der Waals surface area contributed by atoms with Gasteiger partial charge in [-0.1, -0.05) is 20.8 Å². The van der Waals surface area contributed by atoms with E-state index in [2.05, 4.69) is 20.8 Å². The van der Waals surface area contributed by atoms with Gasteiger partial charge in [0, 0.05) is 0 Å². The lowest BCUT2D eigenvalue weighted by Crippen LogP contribution is -2.56. The van der Waals surface area contributed by atoms with Crippen LogP contribution in [-0.2, 0) is 18.7 Å². The van der Waals surface area contributed by atoms with Crippen LogP contribution in [-0.4, -0.2) is 55.7 Å². The highest BCUT2D eigenvalue weighted by molar-refractivity contribution is 6.73. The summed E-state index contributed by atoms with van der Waals surface area (Å²) in [5.41, 5.74) is -1.46. The van der Waals surface area contributed by atoms with Gasteiger partial charge in [-0.3, -0.25) is 4.90 Å². The Labute approximate surface area is 153 Å². The minimum atomic E-state index is -1.99. The molecule has 0 aromatic carbocycles. The molecular formula is C18H35NO5Si. The Hall–Kier alpha value is -0.923. The number of ether oxygens (including phenoxy) is 2. The van der Waals surface area contributed by atoms with Gasteiger partial charge in [-0.25, -0.2) is 4.79 Å². The van der Waals surface area contributed by atoms with Gasteiger partial charge in [-0.05, 0) is 52.8 Å². The fourth-order valence-electron chi connectivity index (χ4n) is 3.23. The minimum Gasteiger partial charge on any atom is -0.444 e. The molecule has 0 spiro atoms. The third-order valence-corrected chi connectivity index (χ3v) is 9.58. The molecule has 0 bridgehead atoms. The molecule has 1 amide bonds. The summed E-state index contributed by atoms with van der Waals surface area (Å²) in [6.07, 6.45) is -0.358. The predicted octanol–water partition coefficient (Wildman–Crippen LogP) is 3.95. The molecule has 2 atom stereocenters. The molecular weight excluding hydrogens is 338 g/mol. The second-order valence-corrected chi connectivity index (χ2v) is 12.9. The average Bonchev–Trinajstić information content (AvgIpc) is 2.83. The van der Waals surface area contributed by atoms with Crippen LogP contribution in [0.4, 0.5) is 4.79 Å². The van der Waals surface area contributed by atoms with Crippen LogP contribution in [0.5, 0.6) is 0 Å². The predicted molar refractivity (Wildman–Crippen MR) is 100 cm³/mol. The molecule has 7 heteroatoms. The molecule has 1 heterocycles. The Morgan fingerprint density at radius 3 is 2.20 bits per heavy atom. The molecule has 1 aliphatic heterocycles. The van der Waals surface area contributed by atoms with Crippen molar-refractivity contribution in [3.8, 4) is 0 Å². The highest BCUT2D eigenvalue weighted by Gasteiger charge is 2.50. The lowest BCUT2D eigenvalue weighted by atomic mass is 10.1. The Bertz CT molecular complexity index is 462. The Morgan fingerprint density at radius 2 is 1.80 bits per heavy atom. The number of rotatable bonds is 7. The molecule has 1 fully saturated rings. The van der Waals surface area contributed by atoms with E-state index in [-0.39, 0.29) is 6.61 Å². The van der Waals surface area contributed by atoms with E-state index >= 15 is 0 Å². The maximum absolute atomic E-state index is 12.7. The van der Waals surface area contributed by atoms with E-state index in [0.29, 0.717) is 0 Å². The highest BCUT2D eigenvalue weighted by Crippen LogP contribution is 2.33. The lowest BCUT2D eigenvalue weighted by Gasteiger charge is -2.39. The standard InChI is InChI=1S/C18H35NO5Si/c1-9-25(10-2,11-3)24-15(12-20)14-13-22-18(7,8)19(14)16(21)23-17(4,5)6/h12,14-15H,9-11,13H2,1-8H3/t14-,15+/m1/s1. The first kappa shape index (κ1) is 22.1. The second kappa shape index (κ2) is 8.18. The highest BCUT2D eigenvalue weighted by atomic mass is 28.4. The maximum atomic E-state index is 12.7. The summed E-state index contributed by atoms with van der Waals surface area (Å²) in [4.78, 5) is 26.1. The Balaban J connectivity index is 3.09. The van der Waals surface area contributed by atoms with E-state index in [1.165, 1.54) is 4.90 Å². The van der Waals surface area contributed by atoms with Crippen LogP contribution >= 0.6 is 0 Å². The van der Waals surface area contributed by atoms with Crippen molar-refractivity contribution in [3.05, 3.63) is 0 Å². The van der Waals surface area contributed by atoms with Crippen molar-refractivity contribution < 1.29 is 23.5 Å². The molecule has 1 aliphatic rings. The van der Waals surface area contributed by atoms with Crippen molar-refractivity contribution in [3.63, 3.8) is 0 Å². The number of carbonyl (C=O) groups excluding carboxylic acids is 2. The number of hydrogen-bond acceptors (Lipinski definition) is 5. The van der Waals surface area contributed by atoms with E-state index < -0.39 is 37.9 Å². The number of hydrogen-bond donors (Lipinski definition) is 0. The van der Waals surface area contributed by atoms with E-state index in [1.807, 2.05) is 34.6 Å². The van der Waals surface area contributed by atoms with Crippen molar-refractivity contribution in [1.29, 1.82) is 0 Å². The third kappa shape index (κ3) is 5.28. The molecule has 146 valence electrons. The quantitative estimate of drug-likeness (QED) is 0.499. The Kier molecular flexibility index (Phi) is 7.24. The van der Waals surface area contributed by atoms with Gasteiger partial charge in [0.05, 0.1) is 12.6 Å². The van der Waals surface area contributed by atoms with Gasteiger partial charge in [-0.2, -0.15) is 0 Å². The molecule has 0 N–H and O–H groups in total. The molecule has 0 saturated carbocycles. The molecule has 0 aliphatic carbocycles. The normalized spacial score (nSPS) is 21.9. The van der Waals surface area contributed by atoms with E-state index in [1.54, 1.807) is 0 Å². The zero-order valence-corrected chi connectivity index (χ0v) is 18.0. The van der Waals surface area contributed by atoms with Crippen molar-refractivity contribution >= 4 is 20.7 Å². The van der Waals surface area contributed by atoms with Crippen LogP contribution in [0.15, 0.2) is 0 Å². The fraction of sp³-hybridized carbons (Fsp3) is 0.889. The van der Waals surface area contributed by atoms with Gasteiger partial charge in [-0.15, -0.1) is 0 Å². The molecule has 0 aromatic heterocycles. The van der Waals surface area contributed by atoms with Crippen molar-refractivity contribution in [2.75, 3.05) is 6.61 Å². The van der Waals surface area contributed by atoms with Gasteiger partial charge >= 0.3 is 6.09 Å². The van der Waals surface area contributed by atoms with Gasteiger partial charge in [0.2, 0.25) is 0 Å². The zero-order chi connectivity index (χ0) is 19.5. The third-order valence-electron chi connectivity index (χ3n) is 4.94. The van der Waals surface area contributed by atoms with Gasteiger partial charge in [0.1, 0.15) is 23.7 Å². The fourth-order valence-corrected chi connectivity index (χ4v) is 6.02. The van der Waals surface area contributed by atoms with Crippen LogP contribution in [0.25, 0.3) is 0 Å². The smallest absolute Gasteiger partial charge is 0.413 e. The molecule has 1 rings (SSSR count). The largest absolute Gasteiger partial charge is 0.444 e. The number of aldehydes is 1. The molecule has 0 radical (unpaired) electrons. The molecule has 0 aromatic rings. The second-order valence-electron chi connectivity index (χ2n) is 8.14. The average molecular weight is 374 g/mol. The molecule has 0 unspecified atom stereocenters. The van der Waals surface area contributed by atoms with Gasteiger partial charge in [0.25, 0.3) is 0 Å². The van der Waals surface area contributed by atoms with Crippen molar-refractivity contribution in [2.45, 2.75) is 97.0 Å².